The minimum atomic E-state index is 0.102. The van der Waals surface area contributed by atoms with E-state index in [2.05, 4.69) is 5.32 Å². The van der Waals surface area contributed by atoms with Crippen molar-refractivity contribution in [3.05, 3.63) is 28.8 Å². The summed E-state index contributed by atoms with van der Waals surface area (Å²) in [6.45, 7) is 0.851. The second-order valence-electron chi connectivity index (χ2n) is 6.51. The van der Waals surface area contributed by atoms with Crippen LogP contribution in [0.15, 0.2) is 12.1 Å². The molecule has 2 aliphatic rings. The average Bonchev–Trinajstić information content (AvgIpc) is 2.67. The second-order valence-corrected chi connectivity index (χ2v) is 6.51. The van der Waals surface area contributed by atoms with Crippen LogP contribution in [-0.4, -0.2) is 40.1 Å². The minimum absolute atomic E-state index is 0.102. The van der Waals surface area contributed by atoms with Crippen molar-refractivity contribution in [3.63, 3.8) is 0 Å². The Kier molecular flexibility index (Phi) is 4.07. The molecule has 0 amide bonds. The van der Waals surface area contributed by atoms with E-state index in [0.717, 1.165) is 47.2 Å². The highest BCUT2D eigenvalue weighted by Gasteiger charge is 2.37. The number of phenolic OH excluding ortho intramolecular Hbond substituents is 1. The number of fused-ring (bicyclic) bond motifs is 2. The second kappa shape index (κ2) is 6.29. The fourth-order valence-corrected chi connectivity index (χ4v) is 4.26. The van der Waals surface area contributed by atoms with Crippen LogP contribution in [0.2, 0.25) is 0 Å². The topological polar surface area (TPSA) is 69.2 Å². The van der Waals surface area contributed by atoms with Crippen molar-refractivity contribution in [2.24, 2.45) is 0 Å². The molecule has 0 unspecified atom stereocenters. The van der Waals surface area contributed by atoms with Gasteiger partial charge >= 0.3 is 0 Å². The minimum Gasteiger partial charge on any atom is -0.504 e. The van der Waals surface area contributed by atoms with Crippen LogP contribution >= 0.6 is 0 Å². The van der Waals surface area contributed by atoms with Crippen LogP contribution in [0.25, 0.3) is 11.1 Å². The summed E-state index contributed by atoms with van der Waals surface area (Å²) in [6, 6.07) is 4.04. The van der Waals surface area contributed by atoms with Crippen LogP contribution in [-0.2, 0) is 12.8 Å². The van der Waals surface area contributed by atoms with Gasteiger partial charge in [0, 0.05) is 17.2 Å². The fourth-order valence-electron chi connectivity index (χ4n) is 4.26. The number of hydrogen-bond acceptors (Lipinski definition) is 6. The molecule has 0 aromatic heterocycles. The van der Waals surface area contributed by atoms with Crippen molar-refractivity contribution in [1.82, 2.24) is 5.32 Å². The molecule has 0 saturated carbocycles. The van der Waals surface area contributed by atoms with E-state index in [-0.39, 0.29) is 11.8 Å². The molecular weight excluding hydrogens is 334 g/mol. The molecule has 0 saturated heterocycles. The van der Waals surface area contributed by atoms with Gasteiger partial charge in [0.1, 0.15) is 0 Å². The van der Waals surface area contributed by atoms with Gasteiger partial charge in [-0.1, -0.05) is 0 Å². The molecule has 0 spiro atoms. The lowest BCUT2D eigenvalue weighted by atomic mass is 9.76. The van der Waals surface area contributed by atoms with Gasteiger partial charge < -0.3 is 29.4 Å². The molecular formula is C20H23NO5. The van der Waals surface area contributed by atoms with Crippen LogP contribution in [0, 0.1) is 0 Å². The molecule has 2 aromatic rings. The van der Waals surface area contributed by atoms with Crippen molar-refractivity contribution in [3.8, 4) is 39.9 Å². The summed E-state index contributed by atoms with van der Waals surface area (Å²) >= 11 is 0. The number of ether oxygens (including phenoxy) is 4. The lowest BCUT2D eigenvalue weighted by molar-refractivity contribution is 0.326. The quantitative estimate of drug-likeness (QED) is 0.877. The van der Waals surface area contributed by atoms with E-state index in [1.165, 1.54) is 0 Å². The Balaban J connectivity index is 2.07. The van der Waals surface area contributed by atoms with Crippen LogP contribution in [0.4, 0.5) is 0 Å². The van der Waals surface area contributed by atoms with E-state index in [9.17, 15) is 5.11 Å². The molecule has 4 rings (SSSR count). The standard InChI is InChI=1S/C20H23NO5/c1-23-14-8-10-7-13-16-11(5-6-21-13)19(25-3)20(26-4)18(22)17(16)12(10)9-15(14)24-2/h8-9,13,21-22H,5-7H2,1-4H3/t13-/m0/s1. The van der Waals surface area contributed by atoms with Gasteiger partial charge in [-0.2, -0.15) is 0 Å². The van der Waals surface area contributed by atoms with E-state index >= 15 is 0 Å². The Morgan fingerprint density at radius 1 is 0.962 bits per heavy atom. The Morgan fingerprint density at radius 2 is 1.65 bits per heavy atom. The molecule has 0 bridgehead atoms. The SMILES string of the molecule is COc1cc2c(cc1OC)-c1c(O)c(OC)c(OC)c3c1[C@H](C2)NCC3. The number of rotatable bonds is 4. The van der Waals surface area contributed by atoms with E-state index in [1.807, 2.05) is 12.1 Å². The van der Waals surface area contributed by atoms with Gasteiger partial charge in [0.25, 0.3) is 0 Å². The van der Waals surface area contributed by atoms with Crippen LogP contribution in [0.1, 0.15) is 22.7 Å². The molecule has 6 heteroatoms. The van der Waals surface area contributed by atoms with Crippen LogP contribution < -0.4 is 24.3 Å². The first kappa shape index (κ1) is 16.8. The molecule has 138 valence electrons. The first-order valence-electron chi connectivity index (χ1n) is 8.62. The first-order chi connectivity index (χ1) is 12.6. The van der Waals surface area contributed by atoms with Crippen LogP contribution in [0.3, 0.4) is 0 Å². The van der Waals surface area contributed by atoms with Gasteiger partial charge in [-0.25, -0.2) is 0 Å². The van der Waals surface area contributed by atoms with Gasteiger partial charge in [0.2, 0.25) is 5.75 Å². The van der Waals surface area contributed by atoms with Crippen molar-refractivity contribution < 1.29 is 24.1 Å². The molecule has 1 aliphatic heterocycles. The molecule has 2 aromatic carbocycles. The van der Waals surface area contributed by atoms with Crippen molar-refractivity contribution in [1.29, 1.82) is 0 Å². The number of phenols is 1. The zero-order chi connectivity index (χ0) is 18.4. The Bertz CT molecular complexity index is 877. The molecule has 1 atom stereocenters. The largest absolute Gasteiger partial charge is 0.504 e. The summed E-state index contributed by atoms with van der Waals surface area (Å²) in [6.07, 6.45) is 1.63. The van der Waals surface area contributed by atoms with Gasteiger partial charge in [-0.15, -0.1) is 0 Å². The molecule has 2 N–H and O–H groups in total. The smallest absolute Gasteiger partial charge is 0.204 e. The van der Waals surface area contributed by atoms with E-state index in [1.54, 1.807) is 28.4 Å². The summed E-state index contributed by atoms with van der Waals surface area (Å²) in [5.41, 5.74) is 5.02. The lowest BCUT2D eigenvalue weighted by Crippen LogP contribution is -2.34. The van der Waals surface area contributed by atoms with Crippen LogP contribution in [0.5, 0.6) is 28.7 Å². The maximum atomic E-state index is 11.0. The maximum absolute atomic E-state index is 11.0. The highest BCUT2D eigenvalue weighted by Crippen LogP contribution is 2.56. The number of aromatic hydroxyl groups is 1. The Labute approximate surface area is 152 Å². The third-order valence-corrected chi connectivity index (χ3v) is 5.35. The van der Waals surface area contributed by atoms with Crippen molar-refractivity contribution in [2.75, 3.05) is 35.0 Å². The Hall–Kier alpha value is -2.60. The fraction of sp³-hybridized carbons (Fsp3) is 0.400. The van der Waals surface area contributed by atoms with Gasteiger partial charge in [0.05, 0.1) is 28.4 Å². The number of hydrogen-bond donors (Lipinski definition) is 2. The lowest BCUT2D eigenvalue weighted by Gasteiger charge is -2.36. The predicted octanol–water partition coefficient (Wildman–Crippen LogP) is 2.84. The number of methoxy groups -OCH3 is 4. The third-order valence-electron chi connectivity index (χ3n) is 5.35. The average molecular weight is 357 g/mol. The first-order valence-corrected chi connectivity index (χ1v) is 8.62. The molecule has 0 radical (unpaired) electrons. The van der Waals surface area contributed by atoms with Crippen molar-refractivity contribution >= 4 is 0 Å². The summed E-state index contributed by atoms with van der Waals surface area (Å²) in [7, 11) is 6.40. The zero-order valence-electron chi connectivity index (χ0n) is 15.4. The number of benzene rings is 2. The Morgan fingerprint density at radius 3 is 2.31 bits per heavy atom. The third kappa shape index (κ3) is 2.22. The molecule has 0 fully saturated rings. The highest BCUT2D eigenvalue weighted by molar-refractivity contribution is 5.86. The molecule has 1 heterocycles. The summed E-state index contributed by atoms with van der Waals surface area (Å²) in [4.78, 5) is 0. The molecule has 1 aliphatic carbocycles. The summed E-state index contributed by atoms with van der Waals surface area (Å²) in [5.74, 6) is 2.43. The van der Waals surface area contributed by atoms with E-state index in [4.69, 9.17) is 18.9 Å². The number of nitrogens with one attached hydrogen (secondary N) is 1. The summed E-state index contributed by atoms with van der Waals surface area (Å²) < 4.78 is 22.0. The highest BCUT2D eigenvalue weighted by atomic mass is 16.5. The van der Waals surface area contributed by atoms with E-state index < -0.39 is 0 Å². The monoisotopic (exact) mass is 357 g/mol. The van der Waals surface area contributed by atoms with E-state index in [0.29, 0.717) is 23.0 Å². The normalized spacial score (nSPS) is 17.2. The van der Waals surface area contributed by atoms with Gasteiger partial charge in [-0.05, 0) is 48.2 Å². The molecule has 6 nitrogen and oxygen atoms in total. The van der Waals surface area contributed by atoms with Gasteiger partial charge in [0.15, 0.2) is 23.0 Å². The predicted molar refractivity (Wildman–Crippen MR) is 97.9 cm³/mol. The summed E-state index contributed by atoms with van der Waals surface area (Å²) in [5, 5.41) is 14.6. The maximum Gasteiger partial charge on any atom is 0.204 e. The molecule has 26 heavy (non-hydrogen) atoms. The zero-order valence-corrected chi connectivity index (χ0v) is 15.4. The van der Waals surface area contributed by atoms with Crippen molar-refractivity contribution in [2.45, 2.75) is 18.9 Å². The van der Waals surface area contributed by atoms with Gasteiger partial charge in [-0.3, -0.25) is 0 Å².